The van der Waals surface area contributed by atoms with Crippen LogP contribution in [0.4, 0.5) is 5.69 Å². The number of anilines is 1. The third-order valence-electron chi connectivity index (χ3n) is 3.54. The number of rotatable bonds is 3. The maximum Gasteiger partial charge on any atom is 0.296 e. The van der Waals surface area contributed by atoms with Crippen LogP contribution in [0.1, 0.15) is 15.9 Å². The number of aromatic nitrogens is 1. The van der Waals surface area contributed by atoms with Crippen molar-refractivity contribution in [2.75, 3.05) is 5.32 Å². The normalized spacial score (nSPS) is 10.7. The fourth-order valence-corrected chi connectivity index (χ4v) is 2.66. The van der Waals surface area contributed by atoms with Crippen LogP contribution in [0, 0.1) is 6.92 Å². The van der Waals surface area contributed by atoms with Gasteiger partial charge in [-0.1, -0.05) is 35.3 Å². The van der Waals surface area contributed by atoms with E-state index in [1.807, 2.05) is 6.92 Å². The van der Waals surface area contributed by atoms with Gasteiger partial charge in [-0.2, -0.15) is 0 Å². The maximum absolute atomic E-state index is 12.4. The number of aryl methyl sites for hydroxylation is 1. The Morgan fingerprint density at radius 2 is 1.74 bits per heavy atom. The highest BCUT2D eigenvalue weighted by molar-refractivity contribution is 6.48. The van der Waals surface area contributed by atoms with Crippen molar-refractivity contribution in [2.45, 2.75) is 6.92 Å². The summed E-state index contributed by atoms with van der Waals surface area (Å²) in [6.07, 6.45) is 1.51. The molecule has 6 heteroatoms. The number of hydrogen-bond acceptors (Lipinski definition) is 2. The Morgan fingerprint density at radius 1 is 1.04 bits per heavy atom. The van der Waals surface area contributed by atoms with Crippen molar-refractivity contribution in [1.82, 2.24) is 4.98 Å². The van der Waals surface area contributed by atoms with E-state index in [4.69, 9.17) is 23.2 Å². The number of halogens is 2. The first-order chi connectivity index (χ1) is 11.0. The van der Waals surface area contributed by atoms with Crippen molar-refractivity contribution < 1.29 is 9.59 Å². The molecule has 2 aromatic carbocycles. The summed E-state index contributed by atoms with van der Waals surface area (Å²) in [4.78, 5) is 27.6. The molecule has 0 spiro atoms. The van der Waals surface area contributed by atoms with Crippen LogP contribution >= 0.6 is 23.2 Å². The average molecular weight is 347 g/mol. The molecule has 3 aromatic rings. The number of carbonyl (C=O) groups excluding carboxylic acids is 2. The second-order valence-corrected chi connectivity index (χ2v) is 6.01. The van der Waals surface area contributed by atoms with E-state index >= 15 is 0 Å². The van der Waals surface area contributed by atoms with E-state index < -0.39 is 11.7 Å². The molecule has 4 nitrogen and oxygen atoms in total. The number of hydrogen-bond donors (Lipinski definition) is 2. The largest absolute Gasteiger partial charge is 0.360 e. The van der Waals surface area contributed by atoms with E-state index in [1.165, 1.54) is 6.20 Å². The van der Waals surface area contributed by atoms with E-state index in [2.05, 4.69) is 10.3 Å². The minimum Gasteiger partial charge on any atom is -0.360 e. The van der Waals surface area contributed by atoms with Gasteiger partial charge in [0, 0.05) is 32.8 Å². The molecule has 0 fully saturated rings. The summed E-state index contributed by atoms with van der Waals surface area (Å²) >= 11 is 11.8. The van der Waals surface area contributed by atoms with E-state index in [1.54, 1.807) is 36.4 Å². The van der Waals surface area contributed by atoms with E-state index in [0.29, 0.717) is 32.2 Å². The van der Waals surface area contributed by atoms with Gasteiger partial charge in [-0.3, -0.25) is 9.59 Å². The standard InChI is InChI=1S/C17H12Cl2N2O2/c1-9-2-3-10(18)6-14(9)21-17(23)16(22)13-8-20-15-7-11(19)4-5-12(13)15/h2-8,20H,1H3,(H,21,23). The van der Waals surface area contributed by atoms with E-state index in [-0.39, 0.29) is 0 Å². The monoisotopic (exact) mass is 346 g/mol. The zero-order chi connectivity index (χ0) is 16.6. The summed E-state index contributed by atoms with van der Waals surface area (Å²) in [6, 6.07) is 10.2. The fourth-order valence-electron chi connectivity index (χ4n) is 2.32. The highest BCUT2D eigenvalue weighted by atomic mass is 35.5. The molecule has 0 aliphatic rings. The van der Waals surface area contributed by atoms with Crippen molar-refractivity contribution in [3.05, 3.63) is 63.8 Å². The maximum atomic E-state index is 12.4. The van der Waals surface area contributed by atoms with E-state index in [9.17, 15) is 9.59 Å². The molecule has 2 N–H and O–H groups in total. The summed E-state index contributed by atoms with van der Waals surface area (Å²) in [7, 11) is 0. The van der Waals surface area contributed by atoms with Crippen molar-refractivity contribution in [3.8, 4) is 0 Å². The highest BCUT2D eigenvalue weighted by Gasteiger charge is 2.20. The topological polar surface area (TPSA) is 62.0 Å². The minimum atomic E-state index is -0.716. The molecule has 0 atom stereocenters. The second kappa shape index (κ2) is 6.07. The predicted octanol–water partition coefficient (Wildman–Crippen LogP) is 4.60. The first-order valence-electron chi connectivity index (χ1n) is 6.84. The smallest absolute Gasteiger partial charge is 0.296 e. The minimum absolute atomic E-state index is 0.300. The molecule has 0 aliphatic carbocycles. The molecule has 0 radical (unpaired) electrons. The van der Waals surface area contributed by atoms with Gasteiger partial charge in [-0.25, -0.2) is 0 Å². The lowest BCUT2D eigenvalue weighted by atomic mass is 10.1. The zero-order valence-corrected chi connectivity index (χ0v) is 13.6. The molecule has 0 saturated carbocycles. The fraction of sp³-hybridized carbons (Fsp3) is 0.0588. The van der Waals surface area contributed by atoms with Crippen molar-refractivity contribution in [2.24, 2.45) is 0 Å². The number of H-pyrrole nitrogens is 1. The summed E-state index contributed by atoms with van der Waals surface area (Å²) < 4.78 is 0. The van der Waals surface area contributed by atoms with Crippen molar-refractivity contribution >= 4 is 51.5 Å². The number of ketones is 1. The molecule has 1 amide bonds. The third kappa shape index (κ3) is 3.09. The van der Waals surface area contributed by atoms with Crippen LogP contribution in [0.5, 0.6) is 0 Å². The highest BCUT2D eigenvalue weighted by Crippen LogP contribution is 2.24. The molecule has 0 unspecified atom stereocenters. The van der Waals surface area contributed by atoms with Crippen LogP contribution in [0.15, 0.2) is 42.6 Å². The Labute approximate surface area is 142 Å². The van der Waals surface area contributed by atoms with Gasteiger partial charge in [0.25, 0.3) is 11.7 Å². The number of carbonyl (C=O) groups is 2. The Hall–Kier alpha value is -2.30. The van der Waals surface area contributed by atoms with Gasteiger partial charge >= 0.3 is 0 Å². The van der Waals surface area contributed by atoms with Crippen LogP contribution in [0.2, 0.25) is 10.0 Å². The molecule has 0 saturated heterocycles. The van der Waals surface area contributed by atoms with Gasteiger partial charge in [-0.15, -0.1) is 0 Å². The molecule has 0 bridgehead atoms. The summed E-state index contributed by atoms with van der Waals surface area (Å²) in [5.74, 6) is -1.34. The Morgan fingerprint density at radius 3 is 2.52 bits per heavy atom. The summed E-state index contributed by atoms with van der Waals surface area (Å²) in [5.41, 5.74) is 2.33. The molecular weight excluding hydrogens is 335 g/mol. The lowest BCUT2D eigenvalue weighted by Gasteiger charge is -2.08. The quantitative estimate of drug-likeness (QED) is 0.537. The average Bonchev–Trinajstić information content (AvgIpc) is 2.93. The molecule has 0 aliphatic heterocycles. The molecular formula is C17H12Cl2N2O2. The second-order valence-electron chi connectivity index (χ2n) is 5.13. The number of amides is 1. The number of Topliss-reactive ketones (excluding diaryl/α,β-unsaturated/α-hetero) is 1. The Bertz CT molecular complexity index is 931. The Kier molecular flexibility index (Phi) is 4.11. The number of fused-ring (bicyclic) bond motifs is 1. The number of benzene rings is 2. The van der Waals surface area contributed by atoms with Gasteiger partial charge in [0.1, 0.15) is 0 Å². The van der Waals surface area contributed by atoms with Gasteiger partial charge in [0.05, 0.1) is 5.56 Å². The van der Waals surface area contributed by atoms with Crippen molar-refractivity contribution in [1.29, 1.82) is 0 Å². The first kappa shape index (κ1) is 15.6. The molecule has 23 heavy (non-hydrogen) atoms. The van der Waals surface area contributed by atoms with Crippen LogP contribution in [-0.2, 0) is 4.79 Å². The van der Waals surface area contributed by atoms with Gasteiger partial charge in [0.2, 0.25) is 0 Å². The van der Waals surface area contributed by atoms with Crippen LogP contribution in [0.25, 0.3) is 10.9 Å². The number of nitrogens with one attached hydrogen (secondary N) is 2. The van der Waals surface area contributed by atoms with Crippen LogP contribution in [-0.4, -0.2) is 16.7 Å². The van der Waals surface area contributed by atoms with Crippen LogP contribution < -0.4 is 5.32 Å². The lowest BCUT2D eigenvalue weighted by molar-refractivity contribution is -0.112. The SMILES string of the molecule is Cc1ccc(Cl)cc1NC(=O)C(=O)c1c[nH]c2cc(Cl)ccc12. The molecule has 116 valence electrons. The Balaban J connectivity index is 1.89. The van der Waals surface area contributed by atoms with E-state index in [0.717, 1.165) is 5.56 Å². The molecule has 3 rings (SSSR count). The third-order valence-corrected chi connectivity index (χ3v) is 4.01. The summed E-state index contributed by atoms with van der Waals surface area (Å²) in [5, 5.41) is 4.29. The number of aromatic amines is 1. The van der Waals surface area contributed by atoms with Gasteiger partial charge in [-0.05, 0) is 36.8 Å². The van der Waals surface area contributed by atoms with Gasteiger partial charge in [0.15, 0.2) is 0 Å². The van der Waals surface area contributed by atoms with Crippen LogP contribution in [0.3, 0.4) is 0 Å². The van der Waals surface area contributed by atoms with Crippen molar-refractivity contribution in [3.63, 3.8) is 0 Å². The predicted molar refractivity (Wildman–Crippen MR) is 92.5 cm³/mol. The lowest BCUT2D eigenvalue weighted by Crippen LogP contribution is -2.23. The molecule has 1 aromatic heterocycles. The van der Waals surface area contributed by atoms with Gasteiger partial charge < -0.3 is 10.3 Å². The summed E-state index contributed by atoms with van der Waals surface area (Å²) in [6.45, 7) is 1.82. The first-order valence-corrected chi connectivity index (χ1v) is 7.60. The molecule has 1 heterocycles. The zero-order valence-electron chi connectivity index (χ0n) is 12.1.